The molecule has 2 unspecified atom stereocenters. The van der Waals surface area contributed by atoms with Crippen LogP contribution in [0.2, 0.25) is 0 Å². The quantitative estimate of drug-likeness (QED) is 0.0188. The minimum atomic E-state index is -4.68. The summed E-state index contributed by atoms with van der Waals surface area (Å²) in [6.07, 6.45) is 4.99. The van der Waals surface area contributed by atoms with Gasteiger partial charge < -0.3 is 36.8 Å². The maximum Gasteiger partial charge on any atom is 0.315 e. The summed E-state index contributed by atoms with van der Waals surface area (Å²) < 4.78 is 61.5. The summed E-state index contributed by atoms with van der Waals surface area (Å²) >= 11 is 1.85. The average molecular weight is 1240 g/mol. The number of aliphatic hydroxyl groups excluding tert-OH is 1. The number of pyridine rings is 1. The smallest absolute Gasteiger partial charge is 0.315 e. The molecule has 0 saturated carbocycles. The highest BCUT2D eigenvalue weighted by molar-refractivity contribution is 8.00. The molecular weight excluding hydrogens is 1170 g/mol. The summed E-state index contributed by atoms with van der Waals surface area (Å²) in [5.74, 6) is -0.805. The molecule has 2 aromatic heterocycles. The van der Waals surface area contributed by atoms with Gasteiger partial charge in [-0.15, -0.1) is 5.10 Å². The van der Waals surface area contributed by atoms with Crippen LogP contribution in [0.1, 0.15) is 109 Å². The largest absolute Gasteiger partial charge is 0.508 e. The highest BCUT2D eigenvalue weighted by Gasteiger charge is 2.43. The zero-order valence-corrected chi connectivity index (χ0v) is 50.4. The fourth-order valence-electron chi connectivity index (χ4n) is 11.3. The van der Waals surface area contributed by atoms with E-state index in [4.69, 9.17) is 4.98 Å². The number of benzene rings is 5. The van der Waals surface area contributed by atoms with E-state index in [1.54, 1.807) is 91.9 Å². The summed E-state index contributed by atoms with van der Waals surface area (Å²) in [7, 11) is -9.15. The van der Waals surface area contributed by atoms with Crippen LogP contribution in [-0.2, 0) is 53.6 Å². The van der Waals surface area contributed by atoms with Crippen LogP contribution in [0.15, 0.2) is 154 Å². The molecule has 5 heterocycles. The maximum atomic E-state index is 15.0. The van der Waals surface area contributed by atoms with Gasteiger partial charge in [-0.05, 0) is 79.6 Å². The van der Waals surface area contributed by atoms with E-state index in [1.807, 2.05) is 17.8 Å². The van der Waals surface area contributed by atoms with Crippen LogP contribution in [0.3, 0.4) is 0 Å². The molecule has 2 saturated heterocycles. The third-order valence-electron chi connectivity index (χ3n) is 16.1. The Hall–Kier alpha value is -8.03. The van der Waals surface area contributed by atoms with Gasteiger partial charge in [0, 0.05) is 78.0 Å². The molecule has 7 atom stereocenters. The lowest BCUT2D eigenvalue weighted by Gasteiger charge is -2.31. The molecular formula is C63H70N10O11S3. The zero-order valence-electron chi connectivity index (χ0n) is 48.0. The number of nitrogens with one attached hydrogen (secondary N) is 5. The van der Waals surface area contributed by atoms with Crippen molar-refractivity contribution >= 4 is 72.1 Å². The van der Waals surface area contributed by atoms with Gasteiger partial charge in [-0.2, -0.15) is 16.1 Å². The molecule has 2 fully saturated rings. The molecule has 3 aliphatic rings. The molecule has 2 bridgehead atoms. The molecule has 456 valence electrons. The summed E-state index contributed by atoms with van der Waals surface area (Å²) in [4.78, 5) is 69.1. The second-order valence-electron chi connectivity index (χ2n) is 22.4. The number of fused-ring (bicyclic) bond motifs is 3. The minimum absolute atomic E-state index is 0.000584. The molecule has 0 radical (unpaired) electrons. The Morgan fingerprint density at radius 1 is 0.736 bits per heavy atom. The monoisotopic (exact) mass is 1240 g/mol. The normalized spacial score (nSPS) is 19.5. The number of rotatable bonds is 25. The Bertz CT molecular complexity index is 3850. The SMILES string of the molecule is CC1CN(CC(O)[C@H](Cc2ccc(O)cc2)n2cc(CNC(=O)[C@H](Cc3ccc(C(=O)c4ccccc4)cc3)NC(=O)CCCCCNC(=O)CCCC[C@@H]3SC[C@@H]4NC(=O)N[C@@H]43)nn2)S(=O)(=O)c2ccccc2S(=O)(=O)c2cccc3ccc1nc23. The lowest BCUT2D eigenvalue weighted by atomic mass is 9.99. The molecule has 5 aromatic carbocycles. The topological polar surface area (TPSA) is 301 Å². The molecule has 10 rings (SSSR count). The number of carbonyl (C=O) groups excluding carboxylic acids is 5. The fourth-order valence-corrected chi connectivity index (χ4v) is 16.7. The van der Waals surface area contributed by atoms with E-state index in [0.717, 1.165) is 29.3 Å². The predicted octanol–water partition coefficient (Wildman–Crippen LogP) is 6.29. The van der Waals surface area contributed by atoms with Crippen LogP contribution < -0.4 is 26.6 Å². The Morgan fingerprint density at radius 2 is 1.43 bits per heavy atom. The number of ketones is 1. The summed E-state index contributed by atoms with van der Waals surface area (Å²) in [5.41, 5.74) is 3.18. The summed E-state index contributed by atoms with van der Waals surface area (Å²) in [6, 6.07) is 33.6. The van der Waals surface area contributed by atoms with E-state index in [-0.39, 0.29) is 89.9 Å². The average Bonchev–Trinajstić information content (AvgIpc) is 3.66. The molecule has 7 N–H and O–H groups in total. The molecule has 24 heteroatoms. The first-order valence-electron chi connectivity index (χ1n) is 29.2. The molecule has 7 aromatic rings. The van der Waals surface area contributed by atoms with E-state index in [2.05, 4.69) is 36.9 Å². The van der Waals surface area contributed by atoms with Crippen molar-refractivity contribution in [1.29, 1.82) is 0 Å². The number of sulfonamides is 1. The third-order valence-corrected chi connectivity index (χ3v) is 21.5. The molecule has 0 spiro atoms. The number of sulfone groups is 1. The molecule has 21 nitrogen and oxygen atoms in total. The molecule has 0 aliphatic carbocycles. The Kier molecular flexibility index (Phi) is 19.8. The number of phenols is 1. The van der Waals surface area contributed by atoms with Crippen molar-refractivity contribution in [3.8, 4) is 5.75 Å². The van der Waals surface area contributed by atoms with Crippen molar-refractivity contribution in [2.75, 3.05) is 25.4 Å². The number of hydrogen-bond acceptors (Lipinski definition) is 15. The van der Waals surface area contributed by atoms with E-state index >= 15 is 8.42 Å². The van der Waals surface area contributed by atoms with Gasteiger partial charge >= 0.3 is 6.03 Å². The number of unbranched alkanes of at least 4 members (excludes halogenated alkanes) is 3. The second kappa shape index (κ2) is 27.8. The minimum Gasteiger partial charge on any atom is -0.508 e. The van der Waals surface area contributed by atoms with Crippen molar-refractivity contribution in [3.63, 3.8) is 0 Å². The van der Waals surface area contributed by atoms with Gasteiger partial charge in [0.05, 0.1) is 52.3 Å². The van der Waals surface area contributed by atoms with Gasteiger partial charge in [0.15, 0.2) is 5.78 Å². The van der Waals surface area contributed by atoms with E-state index in [9.17, 15) is 42.6 Å². The number of amides is 5. The van der Waals surface area contributed by atoms with Crippen LogP contribution in [-0.4, -0.2) is 136 Å². The first-order valence-corrected chi connectivity index (χ1v) is 33.2. The number of aliphatic hydroxyl groups is 1. The second-order valence-corrected chi connectivity index (χ2v) is 27.5. The van der Waals surface area contributed by atoms with Gasteiger partial charge in [0.1, 0.15) is 22.4 Å². The van der Waals surface area contributed by atoms with E-state index < -0.39 is 66.2 Å². The number of nitrogens with zero attached hydrogens (tertiary/aromatic N) is 5. The van der Waals surface area contributed by atoms with E-state index in [0.29, 0.717) is 70.8 Å². The number of phenolic OH excluding ortho intramolecular Hbond substituents is 1. The number of β-amino-alcohol motifs (C(OH)–C–C–N with tert-alkyl or cyclic N) is 1. The van der Waals surface area contributed by atoms with E-state index in [1.165, 1.54) is 53.3 Å². The van der Waals surface area contributed by atoms with Gasteiger partial charge in [0.25, 0.3) is 0 Å². The van der Waals surface area contributed by atoms with Gasteiger partial charge in [-0.1, -0.05) is 122 Å². The lowest BCUT2D eigenvalue weighted by Crippen LogP contribution is -2.47. The van der Waals surface area contributed by atoms with Crippen LogP contribution in [0.25, 0.3) is 10.9 Å². The Labute approximate surface area is 509 Å². The fraction of sp³-hybridized carbons (Fsp3) is 0.365. The first-order chi connectivity index (χ1) is 41.9. The number of carbonyl (C=O) groups is 5. The number of thioether (sulfide) groups is 1. The van der Waals surface area contributed by atoms with Crippen LogP contribution in [0.5, 0.6) is 5.75 Å². The molecule has 5 amide bonds. The lowest BCUT2D eigenvalue weighted by molar-refractivity contribution is -0.129. The Morgan fingerprint density at radius 3 is 2.21 bits per heavy atom. The van der Waals surface area contributed by atoms with Gasteiger partial charge in [0.2, 0.25) is 37.6 Å². The van der Waals surface area contributed by atoms with Crippen molar-refractivity contribution < 1.29 is 51.0 Å². The van der Waals surface area contributed by atoms with Crippen LogP contribution in [0, 0.1) is 0 Å². The maximum absolute atomic E-state index is 15.0. The number of para-hydroxylation sites is 1. The summed E-state index contributed by atoms with van der Waals surface area (Å²) in [5, 5.41) is 46.8. The highest BCUT2D eigenvalue weighted by atomic mass is 32.2. The number of aromatic nitrogens is 4. The van der Waals surface area contributed by atoms with Crippen molar-refractivity contribution in [2.45, 2.75) is 134 Å². The number of urea groups is 1. The van der Waals surface area contributed by atoms with Crippen molar-refractivity contribution in [2.24, 2.45) is 0 Å². The van der Waals surface area contributed by atoms with Crippen LogP contribution in [0.4, 0.5) is 4.79 Å². The van der Waals surface area contributed by atoms with Gasteiger partial charge in [-0.3, -0.25) is 24.2 Å². The van der Waals surface area contributed by atoms with Crippen molar-refractivity contribution in [3.05, 3.63) is 173 Å². The van der Waals surface area contributed by atoms with Crippen LogP contribution >= 0.6 is 11.8 Å². The highest BCUT2D eigenvalue weighted by Crippen LogP contribution is 2.36. The number of aromatic hydroxyl groups is 1. The first kappa shape index (κ1) is 62.0. The zero-order chi connectivity index (χ0) is 61.2. The third kappa shape index (κ3) is 15.0. The number of hydrogen-bond donors (Lipinski definition) is 7. The predicted molar refractivity (Wildman–Crippen MR) is 327 cm³/mol. The van der Waals surface area contributed by atoms with Crippen molar-refractivity contribution in [1.82, 2.24) is 50.9 Å². The standard InChI is InChI=1S/C63H70N10O11S3/c1-40-36-72(87(83,84)55-18-9-8-17-54(55)86(81,82)56-19-12-15-43-28-31-48(40)67-59(43)56)38-52(75)51(34-42-24-29-47(74)30-25-42)73-37-46(70-71-73)35-65-62(79)49(33-41-22-26-45(27-23-41)61(78)44-13-4-2-5-14-44)66-58(77)21-6-3-11-32-64-57(76)20-10-7-16-53-60-50(39-85-53)68-63(80)69-60/h2,4-5,8-9,12-15,17-19,22-31,37,40,49-53,60,74-75H,3,6-7,10-11,16,20-21,32-36,38-39H2,1H3,(H,64,76)(H,65,79)(H,66,77)(H2,68,69,80)/t40?,49-,50-,51-,52?,53-,60-/m0/s1. The molecule has 3 aliphatic heterocycles. The molecule has 87 heavy (non-hydrogen) atoms. The summed E-state index contributed by atoms with van der Waals surface area (Å²) in [6.45, 7) is 1.32. The van der Waals surface area contributed by atoms with Gasteiger partial charge in [-0.25, -0.2) is 26.3 Å². The Balaban J connectivity index is 0.801.